The summed E-state index contributed by atoms with van der Waals surface area (Å²) in [6.45, 7) is 5.70. The fourth-order valence-corrected chi connectivity index (χ4v) is 4.64. The summed E-state index contributed by atoms with van der Waals surface area (Å²) < 4.78 is 5.15. The Morgan fingerprint density at radius 1 is 0.967 bits per heavy atom. The lowest BCUT2D eigenvalue weighted by Crippen LogP contribution is -2.58. The highest BCUT2D eigenvalue weighted by atomic mass is 16.5. The summed E-state index contributed by atoms with van der Waals surface area (Å²) in [4.78, 5) is 32.9. The second-order valence-electron chi connectivity index (χ2n) is 8.91. The quantitative estimate of drug-likeness (QED) is 0.763. The molecular weight excluding hydrogens is 380 g/mol. The minimum atomic E-state index is -0.408. The molecule has 3 aliphatic rings. The second-order valence-corrected chi connectivity index (χ2v) is 8.91. The van der Waals surface area contributed by atoms with Gasteiger partial charge in [0.1, 0.15) is 11.8 Å². The number of carbonyl (C=O) groups is 2. The average Bonchev–Trinajstić information content (AvgIpc) is 3.63. The van der Waals surface area contributed by atoms with E-state index >= 15 is 0 Å². The van der Waals surface area contributed by atoms with Gasteiger partial charge in [0, 0.05) is 37.8 Å². The molecule has 2 saturated heterocycles. The molecule has 4 rings (SSSR count). The van der Waals surface area contributed by atoms with Gasteiger partial charge in [-0.25, -0.2) is 0 Å². The van der Waals surface area contributed by atoms with Crippen LogP contribution < -0.4 is 10.1 Å². The standard InChI is InChI=1S/C23H34N4O3/c1-25-11-9-19(10-12-25)26-13-15-27(16-14-26)23(29)21(17-3-4-17)24-22(28)18-5-7-20(30-2)8-6-18/h5-8,17,19,21H,3-4,9-16H2,1-2H3,(H,24,28)/t21-/m1/s1. The smallest absolute Gasteiger partial charge is 0.251 e. The van der Waals surface area contributed by atoms with Gasteiger partial charge in [-0.05, 0) is 76.0 Å². The third kappa shape index (κ3) is 4.95. The predicted molar refractivity (Wildman–Crippen MR) is 116 cm³/mol. The van der Waals surface area contributed by atoms with Crippen LogP contribution in [0.2, 0.25) is 0 Å². The molecule has 2 heterocycles. The van der Waals surface area contributed by atoms with E-state index in [2.05, 4.69) is 22.2 Å². The van der Waals surface area contributed by atoms with Gasteiger partial charge in [0.2, 0.25) is 5.91 Å². The Kier molecular flexibility index (Phi) is 6.58. The monoisotopic (exact) mass is 414 g/mol. The van der Waals surface area contributed by atoms with Gasteiger partial charge < -0.3 is 19.9 Å². The largest absolute Gasteiger partial charge is 0.497 e. The number of nitrogens with zero attached hydrogens (tertiary/aromatic N) is 3. The molecular formula is C23H34N4O3. The average molecular weight is 415 g/mol. The molecule has 164 valence electrons. The fourth-order valence-electron chi connectivity index (χ4n) is 4.64. The first-order valence-electron chi connectivity index (χ1n) is 11.2. The van der Waals surface area contributed by atoms with Gasteiger partial charge in [0.25, 0.3) is 5.91 Å². The van der Waals surface area contributed by atoms with Crippen LogP contribution >= 0.6 is 0 Å². The molecule has 0 bridgehead atoms. The first-order valence-corrected chi connectivity index (χ1v) is 11.2. The molecule has 7 heteroatoms. The number of carbonyl (C=O) groups excluding carboxylic acids is 2. The van der Waals surface area contributed by atoms with E-state index in [9.17, 15) is 9.59 Å². The maximum Gasteiger partial charge on any atom is 0.251 e. The van der Waals surface area contributed by atoms with Crippen molar-refractivity contribution in [3.8, 4) is 5.75 Å². The van der Waals surface area contributed by atoms with Gasteiger partial charge >= 0.3 is 0 Å². The van der Waals surface area contributed by atoms with Crippen LogP contribution in [0.5, 0.6) is 5.75 Å². The Balaban J connectivity index is 1.32. The highest BCUT2D eigenvalue weighted by molar-refractivity contribution is 5.97. The number of amides is 2. The Bertz CT molecular complexity index is 733. The van der Waals surface area contributed by atoms with Crippen molar-refractivity contribution in [1.82, 2.24) is 20.0 Å². The molecule has 1 atom stereocenters. The SMILES string of the molecule is COc1ccc(C(=O)N[C@@H](C(=O)N2CCN(C3CCN(C)CC3)CC2)C2CC2)cc1. The van der Waals surface area contributed by atoms with Crippen LogP contribution in [0.1, 0.15) is 36.0 Å². The van der Waals surface area contributed by atoms with Gasteiger partial charge in [0.15, 0.2) is 0 Å². The molecule has 1 aromatic carbocycles. The highest BCUT2D eigenvalue weighted by Crippen LogP contribution is 2.34. The zero-order valence-corrected chi connectivity index (χ0v) is 18.2. The number of piperazine rings is 1. The van der Waals surface area contributed by atoms with E-state index < -0.39 is 6.04 Å². The minimum absolute atomic E-state index is 0.0855. The lowest BCUT2D eigenvalue weighted by Gasteiger charge is -2.42. The number of likely N-dealkylation sites (tertiary alicyclic amines) is 1. The zero-order valence-electron chi connectivity index (χ0n) is 18.2. The van der Waals surface area contributed by atoms with Crippen molar-refractivity contribution in [2.24, 2.45) is 5.92 Å². The summed E-state index contributed by atoms with van der Waals surface area (Å²) in [7, 11) is 3.79. The molecule has 30 heavy (non-hydrogen) atoms. The van der Waals surface area contributed by atoms with Crippen LogP contribution in [-0.4, -0.2) is 92.0 Å². The summed E-state index contributed by atoms with van der Waals surface area (Å²) in [6, 6.07) is 7.25. The molecule has 1 saturated carbocycles. The van der Waals surface area contributed by atoms with Crippen molar-refractivity contribution in [3.05, 3.63) is 29.8 Å². The van der Waals surface area contributed by atoms with Gasteiger partial charge in [0.05, 0.1) is 7.11 Å². The first-order chi connectivity index (χ1) is 14.5. The Morgan fingerprint density at radius 3 is 2.17 bits per heavy atom. The molecule has 2 aliphatic heterocycles. The minimum Gasteiger partial charge on any atom is -0.497 e. The number of methoxy groups -OCH3 is 1. The van der Waals surface area contributed by atoms with E-state index in [4.69, 9.17) is 4.74 Å². The number of nitrogens with one attached hydrogen (secondary N) is 1. The number of benzene rings is 1. The third-order valence-electron chi connectivity index (χ3n) is 6.83. The predicted octanol–water partition coefficient (Wildman–Crippen LogP) is 1.44. The van der Waals surface area contributed by atoms with E-state index in [1.807, 2.05) is 4.90 Å². The second kappa shape index (κ2) is 9.35. The molecule has 2 amide bonds. The summed E-state index contributed by atoms with van der Waals surface area (Å²) in [5, 5.41) is 3.02. The molecule has 3 fully saturated rings. The molecule has 0 spiro atoms. The molecule has 1 aromatic rings. The van der Waals surface area contributed by atoms with Crippen molar-refractivity contribution >= 4 is 11.8 Å². The highest BCUT2D eigenvalue weighted by Gasteiger charge is 2.40. The molecule has 0 unspecified atom stereocenters. The number of ether oxygens (including phenoxy) is 1. The molecule has 0 aromatic heterocycles. The number of hydrogen-bond acceptors (Lipinski definition) is 5. The van der Waals surface area contributed by atoms with Crippen LogP contribution in [0, 0.1) is 5.92 Å². The van der Waals surface area contributed by atoms with E-state index in [0.29, 0.717) is 17.4 Å². The van der Waals surface area contributed by atoms with E-state index in [0.717, 1.165) is 52.1 Å². The summed E-state index contributed by atoms with van der Waals surface area (Å²) in [6.07, 6.45) is 4.45. The molecule has 0 radical (unpaired) electrons. The molecule has 1 aliphatic carbocycles. The van der Waals surface area contributed by atoms with Gasteiger partial charge in [-0.1, -0.05) is 0 Å². The van der Waals surface area contributed by atoms with E-state index in [1.165, 1.54) is 12.8 Å². The van der Waals surface area contributed by atoms with Crippen molar-refractivity contribution in [3.63, 3.8) is 0 Å². The Morgan fingerprint density at radius 2 is 1.60 bits per heavy atom. The van der Waals surface area contributed by atoms with E-state index in [1.54, 1.807) is 31.4 Å². The molecule has 7 nitrogen and oxygen atoms in total. The third-order valence-corrected chi connectivity index (χ3v) is 6.83. The number of hydrogen-bond donors (Lipinski definition) is 1. The number of piperidine rings is 1. The molecule has 1 N–H and O–H groups in total. The van der Waals surface area contributed by atoms with Crippen LogP contribution in [0.15, 0.2) is 24.3 Å². The first kappa shape index (κ1) is 21.1. The van der Waals surface area contributed by atoms with Crippen LogP contribution in [-0.2, 0) is 4.79 Å². The summed E-state index contributed by atoms with van der Waals surface area (Å²) in [5.41, 5.74) is 0.557. The van der Waals surface area contributed by atoms with Crippen LogP contribution in [0.3, 0.4) is 0 Å². The van der Waals surface area contributed by atoms with Gasteiger partial charge in [-0.2, -0.15) is 0 Å². The fraction of sp³-hybridized carbons (Fsp3) is 0.652. The van der Waals surface area contributed by atoms with Crippen LogP contribution in [0.25, 0.3) is 0 Å². The summed E-state index contributed by atoms with van der Waals surface area (Å²) >= 11 is 0. The lowest BCUT2D eigenvalue weighted by atomic mass is 10.0. The Hall–Kier alpha value is -2.12. The van der Waals surface area contributed by atoms with Crippen LogP contribution in [0.4, 0.5) is 0 Å². The van der Waals surface area contributed by atoms with Gasteiger partial charge in [-0.3, -0.25) is 14.5 Å². The summed E-state index contributed by atoms with van der Waals surface area (Å²) in [5.74, 6) is 0.880. The lowest BCUT2D eigenvalue weighted by molar-refractivity contribution is -0.136. The van der Waals surface area contributed by atoms with Crippen molar-refractivity contribution in [1.29, 1.82) is 0 Å². The maximum atomic E-state index is 13.2. The Labute approximate surface area is 179 Å². The topological polar surface area (TPSA) is 65.1 Å². The van der Waals surface area contributed by atoms with Crippen molar-refractivity contribution in [2.75, 3.05) is 53.4 Å². The zero-order chi connectivity index (χ0) is 21.1. The normalized spacial score (nSPS) is 22.5. The van der Waals surface area contributed by atoms with Gasteiger partial charge in [-0.15, -0.1) is 0 Å². The van der Waals surface area contributed by atoms with E-state index in [-0.39, 0.29) is 17.7 Å². The van der Waals surface area contributed by atoms with Crippen molar-refractivity contribution < 1.29 is 14.3 Å². The maximum absolute atomic E-state index is 13.2. The number of rotatable bonds is 6. The van der Waals surface area contributed by atoms with Crippen molar-refractivity contribution in [2.45, 2.75) is 37.8 Å².